The maximum absolute atomic E-state index is 14.5. The van der Waals surface area contributed by atoms with Crippen LogP contribution in [0.3, 0.4) is 0 Å². The van der Waals surface area contributed by atoms with Gasteiger partial charge in [0.2, 0.25) is 5.78 Å². The zero-order valence-corrected chi connectivity index (χ0v) is 28.6. The molecule has 0 aliphatic rings. The highest BCUT2D eigenvalue weighted by molar-refractivity contribution is 7.90. The Labute approximate surface area is 295 Å². The third-order valence-electron chi connectivity index (χ3n) is 8.73. The minimum Gasteiger partial charge on any atom is -0.497 e. The molecular weight excluding hydrogens is 661 g/mol. The molecule has 2 aromatic heterocycles. The largest absolute Gasteiger partial charge is 0.497 e. The van der Waals surface area contributed by atoms with Gasteiger partial charge < -0.3 is 19.8 Å². The van der Waals surface area contributed by atoms with E-state index < -0.39 is 15.8 Å². The van der Waals surface area contributed by atoms with Crippen LogP contribution >= 0.6 is 0 Å². The van der Waals surface area contributed by atoms with E-state index in [0.29, 0.717) is 45.8 Å². The Bertz CT molecular complexity index is 2600. The molecule has 0 fully saturated rings. The number of benzene rings is 5. The molecule has 51 heavy (non-hydrogen) atoms. The van der Waals surface area contributed by atoms with E-state index in [0.717, 1.165) is 20.7 Å². The van der Waals surface area contributed by atoms with Crippen LogP contribution in [0.1, 0.15) is 38.3 Å². The van der Waals surface area contributed by atoms with E-state index in [1.54, 1.807) is 90.7 Å². The number of rotatable bonds is 10. The third-order valence-corrected chi connectivity index (χ3v) is 10.5. The molecule has 9 nitrogen and oxygen atoms in total. The lowest BCUT2D eigenvalue weighted by Gasteiger charge is -2.14. The van der Waals surface area contributed by atoms with Crippen molar-refractivity contribution < 1.29 is 22.7 Å². The summed E-state index contributed by atoms with van der Waals surface area (Å²) in [6.45, 7) is 1.89. The number of nitrogens with two attached hydrogens (primary N) is 1. The Kier molecular flexibility index (Phi) is 8.65. The van der Waals surface area contributed by atoms with E-state index >= 15 is 0 Å². The average Bonchev–Trinajstić information content (AvgIpc) is 3.74. The number of nitriles is 1. The minimum atomic E-state index is -4.21. The maximum atomic E-state index is 14.5. The van der Waals surface area contributed by atoms with Gasteiger partial charge in [-0.25, -0.2) is 12.4 Å². The molecule has 0 atom stereocenters. The van der Waals surface area contributed by atoms with Crippen LogP contribution in [-0.4, -0.2) is 29.9 Å². The third kappa shape index (κ3) is 6.23. The molecule has 0 amide bonds. The summed E-state index contributed by atoms with van der Waals surface area (Å²) in [5, 5.41) is 9.85. The molecule has 0 unspecified atom stereocenters. The van der Waals surface area contributed by atoms with E-state index in [1.165, 1.54) is 12.1 Å². The number of nitrogens with zero attached hydrogens (tertiary/aromatic N) is 3. The van der Waals surface area contributed by atoms with Crippen LogP contribution in [-0.2, 0) is 16.4 Å². The molecule has 0 aliphatic carbocycles. The molecule has 2 heterocycles. The van der Waals surface area contributed by atoms with Crippen molar-refractivity contribution in [1.82, 2.24) is 8.54 Å². The van der Waals surface area contributed by atoms with Crippen molar-refractivity contribution in [3.63, 3.8) is 0 Å². The predicted molar refractivity (Wildman–Crippen MR) is 196 cm³/mol. The molecule has 252 valence electrons. The van der Waals surface area contributed by atoms with Crippen molar-refractivity contribution in [3.8, 4) is 29.0 Å². The first kappa shape index (κ1) is 33.0. The van der Waals surface area contributed by atoms with Gasteiger partial charge in [0.05, 0.1) is 40.4 Å². The Morgan fingerprint density at radius 1 is 0.824 bits per heavy atom. The molecule has 0 spiro atoms. The van der Waals surface area contributed by atoms with Gasteiger partial charge in [-0.05, 0) is 109 Å². The highest BCUT2D eigenvalue weighted by atomic mass is 32.2. The van der Waals surface area contributed by atoms with Crippen molar-refractivity contribution in [2.75, 3.05) is 12.8 Å². The van der Waals surface area contributed by atoms with Gasteiger partial charge in [-0.2, -0.15) is 5.26 Å². The van der Waals surface area contributed by atoms with E-state index in [2.05, 4.69) is 6.07 Å². The minimum absolute atomic E-state index is 0.0311. The molecule has 0 aliphatic heterocycles. The number of carbonyl (C=O) groups is 1. The second kappa shape index (κ2) is 13.4. The number of nitrogen functional groups attached to an aromatic ring is 1. The first-order valence-corrected chi connectivity index (χ1v) is 17.5. The molecule has 5 aromatic carbocycles. The zero-order chi connectivity index (χ0) is 35.7. The maximum Gasteiger partial charge on any atom is 0.268 e. The highest BCUT2D eigenvalue weighted by Gasteiger charge is 2.29. The number of aryl methyl sites for hydroxylation is 1. The number of fused-ring (bicyclic) bond motifs is 1. The van der Waals surface area contributed by atoms with E-state index in [-0.39, 0.29) is 22.0 Å². The topological polar surface area (TPSA) is 129 Å². The van der Waals surface area contributed by atoms with E-state index in [1.807, 2.05) is 49.4 Å². The fourth-order valence-electron chi connectivity index (χ4n) is 6.25. The van der Waals surface area contributed by atoms with Gasteiger partial charge >= 0.3 is 0 Å². The van der Waals surface area contributed by atoms with Crippen LogP contribution < -0.4 is 15.2 Å². The van der Waals surface area contributed by atoms with Gasteiger partial charge in [0.25, 0.3) is 10.0 Å². The van der Waals surface area contributed by atoms with E-state index in [9.17, 15) is 18.5 Å². The molecule has 7 rings (SSSR count). The molecule has 0 radical (unpaired) electrons. The summed E-state index contributed by atoms with van der Waals surface area (Å²) in [6, 6.07) is 38.8. The smallest absolute Gasteiger partial charge is 0.268 e. The summed E-state index contributed by atoms with van der Waals surface area (Å²) in [5.74, 6) is 1.42. The molecule has 2 N–H and O–H groups in total. The fourth-order valence-corrected chi connectivity index (χ4v) is 7.78. The number of aromatic nitrogens is 2. The quantitative estimate of drug-likeness (QED) is 0.144. The molecule has 0 bridgehead atoms. The summed E-state index contributed by atoms with van der Waals surface area (Å²) < 4.78 is 42.8. The van der Waals surface area contributed by atoms with Crippen molar-refractivity contribution in [1.29, 1.82) is 5.26 Å². The van der Waals surface area contributed by atoms with Crippen LogP contribution in [0.25, 0.3) is 16.6 Å². The van der Waals surface area contributed by atoms with Gasteiger partial charge in [-0.15, -0.1) is 0 Å². The Hall–Kier alpha value is -6.57. The number of methoxy groups -OCH3 is 1. The van der Waals surface area contributed by atoms with Crippen molar-refractivity contribution in [2.24, 2.45) is 0 Å². The zero-order valence-electron chi connectivity index (χ0n) is 27.8. The number of carbonyl (C=O) groups excluding carboxylic acids is 1. The highest BCUT2D eigenvalue weighted by Crippen LogP contribution is 2.34. The average molecular weight is 693 g/mol. The van der Waals surface area contributed by atoms with Gasteiger partial charge in [-0.3, -0.25) is 4.79 Å². The lowest BCUT2D eigenvalue weighted by Crippen LogP contribution is -2.19. The van der Waals surface area contributed by atoms with Crippen LogP contribution in [0.4, 0.5) is 5.82 Å². The van der Waals surface area contributed by atoms with Crippen molar-refractivity contribution in [2.45, 2.75) is 18.2 Å². The first-order chi connectivity index (χ1) is 24.7. The van der Waals surface area contributed by atoms with Crippen LogP contribution in [0.5, 0.6) is 17.2 Å². The normalized spacial score (nSPS) is 11.3. The van der Waals surface area contributed by atoms with Crippen molar-refractivity contribution in [3.05, 3.63) is 167 Å². The van der Waals surface area contributed by atoms with Gasteiger partial charge in [-0.1, -0.05) is 48.5 Å². The molecular formula is C41H32N4O5S. The Morgan fingerprint density at radius 3 is 2.33 bits per heavy atom. The van der Waals surface area contributed by atoms with Gasteiger partial charge in [0.1, 0.15) is 28.8 Å². The summed E-state index contributed by atoms with van der Waals surface area (Å²) in [6.07, 6.45) is 2.17. The monoisotopic (exact) mass is 692 g/mol. The Morgan fingerprint density at radius 2 is 1.57 bits per heavy atom. The first-order valence-electron chi connectivity index (χ1n) is 16.1. The molecule has 10 heteroatoms. The number of anilines is 1. The Balaban J connectivity index is 1.30. The number of ketones is 1. The number of hydrogen-bond acceptors (Lipinski definition) is 7. The van der Waals surface area contributed by atoms with E-state index in [4.69, 9.17) is 15.2 Å². The summed E-state index contributed by atoms with van der Waals surface area (Å²) in [5.41, 5.74) is 11.0. The lowest BCUT2D eigenvalue weighted by molar-refractivity contribution is 0.103. The summed E-state index contributed by atoms with van der Waals surface area (Å²) >= 11 is 0. The van der Waals surface area contributed by atoms with Gasteiger partial charge in [0, 0.05) is 11.6 Å². The fraction of sp³-hybridized carbons (Fsp3) is 0.0732. The van der Waals surface area contributed by atoms with Crippen LogP contribution in [0.2, 0.25) is 0 Å². The number of hydrogen-bond donors (Lipinski definition) is 1. The molecule has 7 aromatic rings. The van der Waals surface area contributed by atoms with Crippen molar-refractivity contribution >= 4 is 32.5 Å². The summed E-state index contributed by atoms with van der Waals surface area (Å²) in [4.78, 5) is 14.5. The van der Waals surface area contributed by atoms with Crippen LogP contribution in [0.15, 0.2) is 138 Å². The second-order valence-corrected chi connectivity index (χ2v) is 13.8. The summed E-state index contributed by atoms with van der Waals surface area (Å²) in [7, 11) is -2.60. The van der Waals surface area contributed by atoms with Gasteiger partial charge in [0.15, 0.2) is 0 Å². The molecule has 0 saturated heterocycles. The molecule has 0 saturated carbocycles. The predicted octanol–water partition coefficient (Wildman–Crippen LogP) is 8.05. The SMILES string of the molecule is COc1cccc(Cc2cccc3c2cc(C(=O)c2ccn(-c4ccc(Oc5cccc(C#N)c5)cc4C)c2N)n3S(=O)(=O)c2ccccc2)c1. The van der Waals surface area contributed by atoms with Crippen LogP contribution in [0, 0.1) is 18.3 Å². The lowest BCUT2D eigenvalue weighted by atomic mass is 10.0. The standard InChI is InChI=1S/C41H32N4O5S/c1-27-21-33(50-32-13-7-10-29(24-32)26-42)17-18-37(27)44-20-19-35(41(44)43)40(46)39-25-36-30(22-28-9-6-12-31(23-28)49-2)11-8-16-38(36)45(39)51(47,48)34-14-4-3-5-15-34/h3-21,23-25H,22,43H2,1-2H3. The number of ether oxygens (including phenoxy) is 2. The second-order valence-electron chi connectivity index (χ2n) is 12.0.